The predicted octanol–water partition coefficient (Wildman–Crippen LogP) is 4.13. The Balaban J connectivity index is 2.04. The molecule has 0 bridgehead atoms. The van der Waals surface area contributed by atoms with E-state index in [1.807, 2.05) is 0 Å². The van der Waals surface area contributed by atoms with Crippen molar-refractivity contribution in [3.63, 3.8) is 0 Å². The quantitative estimate of drug-likeness (QED) is 0.570. The van der Waals surface area contributed by atoms with Crippen LogP contribution >= 0.6 is 27.3 Å². The first-order valence-electron chi connectivity index (χ1n) is 7.82. The zero-order valence-electron chi connectivity index (χ0n) is 13.2. The van der Waals surface area contributed by atoms with Crippen LogP contribution in [0.5, 0.6) is 0 Å². The fourth-order valence-corrected chi connectivity index (χ4v) is 4.46. The Hall–Kier alpha value is -0.990. The Morgan fingerprint density at radius 1 is 1.57 bits per heavy atom. The number of carbonyl (C=O) groups is 1. The molecule has 1 aromatic heterocycles. The van der Waals surface area contributed by atoms with Gasteiger partial charge in [0, 0.05) is 18.7 Å². The van der Waals surface area contributed by atoms with Crippen LogP contribution in [0.15, 0.2) is 9.85 Å². The van der Waals surface area contributed by atoms with Gasteiger partial charge in [-0.15, -0.1) is 11.3 Å². The largest absolute Gasteiger partial charge is 0.378 e. The molecule has 2 atom stereocenters. The van der Waals surface area contributed by atoms with Crippen molar-refractivity contribution >= 4 is 38.9 Å². The molecule has 1 aliphatic heterocycles. The van der Waals surface area contributed by atoms with Gasteiger partial charge in [-0.3, -0.25) is 14.9 Å². The molecule has 2 heterocycles. The highest BCUT2D eigenvalue weighted by atomic mass is 79.9. The number of nitrogens with zero attached hydrogens (tertiary/aromatic N) is 1. The third-order valence-electron chi connectivity index (χ3n) is 4.31. The molecular weight excluding hydrogens is 384 g/mol. The van der Waals surface area contributed by atoms with Crippen LogP contribution in [-0.4, -0.2) is 29.6 Å². The summed E-state index contributed by atoms with van der Waals surface area (Å²) in [5.41, 5.74) is -0.150. The summed E-state index contributed by atoms with van der Waals surface area (Å²) in [5.74, 6) is 0.113. The zero-order valence-corrected chi connectivity index (χ0v) is 15.6. The number of hydrogen-bond donors (Lipinski definition) is 1. The van der Waals surface area contributed by atoms with Gasteiger partial charge in [0.1, 0.15) is 0 Å². The molecule has 0 saturated carbocycles. The van der Waals surface area contributed by atoms with Crippen LogP contribution in [0.25, 0.3) is 0 Å². The summed E-state index contributed by atoms with van der Waals surface area (Å²) in [6.45, 7) is 4.90. The highest BCUT2D eigenvalue weighted by Crippen LogP contribution is 2.33. The van der Waals surface area contributed by atoms with Gasteiger partial charge in [0.2, 0.25) is 0 Å². The van der Waals surface area contributed by atoms with Gasteiger partial charge in [0.05, 0.1) is 14.8 Å². The van der Waals surface area contributed by atoms with Crippen molar-refractivity contribution in [3.05, 3.63) is 24.8 Å². The first kappa shape index (κ1) is 18.4. The first-order chi connectivity index (χ1) is 11.0. The molecule has 0 aliphatic carbocycles. The molecule has 0 aromatic carbocycles. The van der Waals surface area contributed by atoms with Crippen molar-refractivity contribution < 1.29 is 14.5 Å². The van der Waals surface area contributed by atoms with E-state index in [1.165, 1.54) is 6.07 Å². The van der Waals surface area contributed by atoms with E-state index in [0.29, 0.717) is 16.3 Å². The SMILES string of the molecule is CCC(CC)[C@@H]1C[C@H](NC(=O)c2sc(Br)cc2[N+](=O)[O-])CCO1. The van der Waals surface area contributed by atoms with Gasteiger partial charge in [-0.2, -0.15) is 0 Å². The summed E-state index contributed by atoms with van der Waals surface area (Å²) < 4.78 is 6.42. The molecule has 1 saturated heterocycles. The minimum Gasteiger partial charge on any atom is -0.378 e. The number of hydrogen-bond acceptors (Lipinski definition) is 5. The van der Waals surface area contributed by atoms with Crippen LogP contribution in [0.4, 0.5) is 5.69 Å². The maximum Gasteiger partial charge on any atom is 0.294 e. The Bertz CT molecular complexity index is 574. The molecule has 1 amide bonds. The van der Waals surface area contributed by atoms with Crippen molar-refractivity contribution in [1.82, 2.24) is 5.32 Å². The molecule has 1 aliphatic rings. The number of rotatable bonds is 6. The summed E-state index contributed by atoms with van der Waals surface area (Å²) in [6.07, 6.45) is 3.74. The minimum atomic E-state index is -0.521. The minimum absolute atomic E-state index is 0.00216. The van der Waals surface area contributed by atoms with E-state index in [9.17, 15) is 14.9 Å². The predicted molar refractivity (Wildman–Crippen MR) is 93.0 cm³/mol. The van der Waals surface area contributed by atoms with E-state index >= 15 is 0 Å². The monoisotopic (exact) mass is 404 g/mol. The second-order valence-electron chi connectivity index (χ2n) is 5.70. The number of ether oxygens (including phenoxy) is 1. The smallest absolute Gasteiger partial charge is 0.294 e. The fraction of sp³-hybridized carbons (Fsp3) is 0.667. The Labute approximate surface area is 147 Å². The van der Waals surface area contributed by atoms with Gasteiger partial charge in [-0.05, 0) is 34.7 Å². The number of nitro groups is 1. The average molecular weight is 405 g/mol. The molecule has 6 nitrogen and oxygen atoms in total. The lowest BCUT2D eigenvalue weighted by Gasteiger charge is -2.34. The molecule has 23 heavy (non-hydrogen) atoms. The van der Waals surface area contributed by atoms with Crippen molar-refractivity contribution in [2.45, 2.75) is 51.7 Å². The molecular formula is C15H21BrN2O4S. The number of thiophene rings is 1. The van der Waals surface area contributed by atoms with Gasteiger partial charge >= 0.3 is 0 Å². The molecule has 0 spiro atoms. The lowest BCUT2D eigenvalue weighted by molar-refractivity contribution is -0.384. The molecule has 128 valence electrons. The molecule has 0 unspecified atom stereocenters. The lowest BCUT2D eigenvalue weighted by Crippen LogP contribution is -2.44. The lowest BCUT2D eigenvalue weighted by atomic mass is 9.89. The van der Waals surface area contributed by atoms with Gasteiger partial charge in [-0.25, -0.2) is 0 Å². The van der Waals surface area contributed by atoms with Crippen LogP contribution < -0.4 is 5.32 Å². The zero-order chi connectivity index (χ0) is 17.0. The Morgan fingerprint density at radius 2 is 2.26 bits per heavy atom. The third kappa shape index (κ3) is 4.51. The Morgan fingerprint density at radius 3 is 2.87 bits per heavy atom. The summed E-state index contributed by atoms with van der Waals surface area (Å²) in [5, 5.41) is 14.0. The summed E-state index contributed by atoms with van der Waals surface area (Å²) in [4.78, 5) is 23.1. The van der Waals surface area contributed by atoms with Gasteiger partial charge in [0.15, 0.2) is 4.88 Å². The average Bonchev–Trinajstić information content (AvgIpc) is 2.91. The van der Waals surface area contributed by atoms with Crippen LogP contribution in [0, 0.1) is 16.0 Å². The number of halogens is 1. The van der Waals surface area contributed by atoms with Crippen molar-refractivity contribution in [2.24, 2.45) is 5.92 Å². The Kier molecular flexibility index (Phi) is 6.55. The molecule has 1 N–H and O–H groups in total. The second-order valence-corrected chi connectivity index (χ2v) is 8.13. The molecule has 0 radical (unpaired) electrons. The van der Waals surface area contributed by atoms with Crippen molar-refractivity contribution in [1.29, 1.82) is 0 Å². The fourth-order valence-electron chi connectivity index (χ4n) is 3.00. The normalized spacial score (nSPS) is 21.4. The van der Waals surface area contributed by atoms with Gasteiger partial charge in [0.25, 0.3) is 11.6 Å². The van der Waals surface area contributed by atoms with Crippen molar-refractivity contribution in [3.8, 4) is 0 Å². The maximum atomic E-state index is 12.4. The summed E-state index contributed by atoms with van der Waals surface area (Å²) in [7, 11) is 0. The van der Waals surface area contributed by atoms with E-state index in [4.69, 9.17) is 4.74 Å². The van der Waals surface area contributed by atoms with Gasteiger partial charge < -0.3 is 10.1 Å². The van der Waals surface area contributed by atoms with Crippen LogP contribution in [0.3, 0.4) is 0 Å². The van der Waals surface area contributed by atoms with Crippen LogP contribution in [0.2, 0.25) is 0 Å². The second kappa shape index (κ2) is 8.21. The summed E-state index contributed by atoms with van der Waals surface area (Å²) >= 11 is 4.29. The molecule has 1 aromatic rings. The standard InChI is InChI=1S/C15H21BrN2O4S/c1-3-9(4-2)12-7-10(5-6-22-12)17-15(19)14-11(18(20)21)8-13(16)23-14/h8-10,12H,3-7H2,1-2H3,(H,17,19)/t10-,12+/m1/s1. The topological polar surface area (TPSA) is 81.5 Å². The van der Waals surface area contributed by atoms with Gasteiger partial charge in [-0.1, -0.05) is 26.7 Å². The number of carbonyl (C=O) groups excluding carboxylic acids is 1. The van der Waals surface area contributed by atoms with E-state index in [1.54, 1.807) is 0 Å². The molecule has 2 rings (SSSR count). The van der Waals surface area contributed by atoms with Crippen molar-refractivity contribution in [2.75, 3.05) is 6.61 Å². The maximum absolute atomic E-state index is 12.4. The van der Waals surface area contributed by atoms with E-state index in [-0.39, 0.29) is 28.6 Å². The molecule has 1 fully saturated rings. The van der Waals surface area contributed by atoms with E-state index < -0.39 is 4.92 Å². The summed E-state index contributed by atoms with van der Waals surface area (Å²) in [6, 6.07) is 1.37. The number of amides is 1. The van der Waals surface area contributed by atoms with E-state index in [2.05, 4.69) is 35.1 Å². The van der Waals surface area contributed by atoms with Crippen LogP contribution in [-0.2, 0) is 4.74 Å². The van der Waals surface area contributed by atoms with Crippen LogP contribution in [0.1, 0.15) is 49.2 Å². The highest BCUT2D eigenvalue weighted by molar-refractivity contribution is 9.11. The first-order valence-corrected chi connectivity index (χ1v) is 9.43. The highest BCUT2D eigenvalue weighted by Gasteiger charge is 2.31. The number of nitrogens with one attached hydrogen (secondary N) is 1. The molecule has 8 heteroatoms. The third-order valence-corrected chi connectivity index (χ3v) is 5.94. The van der Waals surface area contributed by atoms with E-state index in [0.717, 1.165) is 37.0 Å².